The number of pyridine rings is 2. The van der Waals surface area contributed by atoms with Crippen molar-refractivity contribution in [2.45, 2.75) is 18.9 Å². The van der Waals surface area contributed by atoms with Gasteiger partial charge in [-0.1, -0.05) is 29.3 Å². The first kappa shape index (κ1) is 32.7. The van der Waals surface area contributed by atoms with Crippen LogP contribution in [0.5, 0.6) is 5.75 Å². The van der Waals surface area contributed by atoms with Crippen LogP contribution in [0.15, 0.2) is 54.9 Å². The first-order chi connectivity index (χ1) is 17.5. The number of hydrogen-bond donors (Lipinski definition) is 3. The summed E-state index contributed by atoms with van der Waals surface area (Å²) in [6.07, 6.45) is 5.71. The summed E-state index contributed by atoms with van der Waals surface area (Å²) in [5.41, 5.74) is 4.75. The summed E-state index contributed by atoms with van der Waals surface area (Å²) in [6.45, 7) is 1.90. The number of nitrogens with one attached hydrogen (secondary N) is 2. The van der Waals surface area contributed by atoms with Crippen LogP contribution in [0.1, 0.15) is 12.0 Å². The lowest BCUT2D eigenvalue weighted by atomic mass is 10.00. The molecule has 2 aromatic carbocycles. The molecule has 39 heavy (non-hydrogen) atoms. The Kier molecular flexibility index (Phi) is 11.9. The van der Waals surface area contributed by atoms with E-state index in [0.29, 0.717) is 6.04 Å². The van der Waals surface area contributed by atoms with E-state index in [4.69, 9.17) is 23.2 Å². The number of hydrogen-bond acceptors (Lipinski definition) is 7. The maximum atomic E-state index is 11.4. The summed E-state index contributed by atoms with van der Waals surface area (Å²) < 4.78 is 0. The molecule has 0 aliphatic carbocycles. The van der Waals surface area contributed by atoms with Gasteiger partial charge in [-0.15, -0.1) is 37.2 Å². The lowest BCUT2D eigenvalue weighted by Crippen LogP contribution is -2.29. The number of aldehydes is 1. The summed E-state index contributed by atoms with van der Waals surface area (Å²) in [6, 6.07) is 13.6. The topological polar surface area (TPSA) is 90.4 Å². The summed E-state index contributed by atoms with van der Waals surface area (Å²) in [5, 5.41) is 17.9. The number of phenolic OH excluding ortho intramolecular Hbond substituents is 1. The molecule has 0 radical (unpaired) electrons. The Bertz CT molecular complexity index is 1420. The molecule has 3 heterocycles. The zero-order valence-corrected chi connectivity index (χ0v) is 24.8. The number of fused-ring (bicyclic) bond motifs is 1. The Hall–Kier alpha value is -2.52. The molecule has 7 nitrogen and oxygen atoms in total. The molecule has 2 aromatic heterocycles. The van der Waals surface area contributed by atoms with Crippen molar-refractivity contribution in [2.75, 3.05) is 30.4 Å². The van der Waals surface area contributed by atoms with E-state index in [1.54, 1.807) is 18.3 Å². The smallest absolute Gasteiger partial charge is 0.152 e. The molecule has 0 bridgehead atoms. The molecule has 5 rings (SSSR count). The van der Waals surface area contributed by atoms with Gasteiger partial charge in [-0.05, 0) is 61.0 Å². The number of nitrogens with zero attached hydrogens (tertiary/aromatic N) is 3. The molecule has 3 N–H and O–H groups in total. The molecule has 12 heteroatoms. The number of phenols is 1. The monoisotopic (exact) mass is 629 g/mol. The van der Waals surface area contributed by atoms with E-state index in [2.05, 4.69) is 25.5 Å². The van der Waals surface area contributed by atoms with Gasteiger partial charge in [0.15, 0.2) is 5.75 Å². The first-order valence-electron chi connectivity index (χ1n) is 11.7. The average molecular weight is 632 g/mol. The number of likely N-dealkylation sites (N-methyl/N-ethyl adjacent to an activating group) is 1. The van der Waals surface area contributed by atoms with Gasteiger partial charge in [0.2, 0.25) is 0 Å². The van der Waals surface area contributed by atoms with E-state index in [1.807, 2.05) is 43.6 Å². The minimum atomic E-state index is -0.147. The summed E-state index contributed by atoms with van der Waals surface area (Å²) in [5.74, 6) is 0.792. The van der Waals surface area contributed by atoms with Crippen LogP contribution in [0, 0.1) is 0 Å². The second-order valence-electron chi connectivity index (χ2n) is 8.80. The Labute approximate surface area is 255 Å². The van der Waals surface area contributed by atoms with Gasteiger partial charge in [0.05, 0.1) is 33.1 Å². The molecule has 0 saturated carbocycles. The highest BCUT2D eigenvalue weighted by molar-refractivity contribution is 6.37. The number of carbonyl (C=O) groups is 1. The predicted molar refractivity (Wildman–Crippen MR) is 168 cm³/mol. The third kappa shape index (κ3) is 6.98. The fourth-order valence-corrected chi connectivity index (χ4v) is 5.02. The molecule has 1 atom stereocenters. The van der Waals surface area contributed by atoms with Gasteiger partial charge in [-0.25, -0.2) is 4.98 Å². The van der Waals surface area contributed by atoms with Gasteiger partial charge in [0.25, 0.3) is 0 Å². The van der Waals surface area contributed by atoms with Gasteiger partial charge in [0, 0.05) is 42.7 Å². The van der Waals surface area contributed by atoms with Gasteiger partial charge < -0.3 is 25.4 Å². The summed E-state index contributed by atoms with van der Waals surface area (Å²) in [7, 11) is 1.99. The highest BCUT2D eigenvalue weighted by Gasteiger charge is 2.22. The number of benzene rings is 2. The van der Waals surface area contributed by atoms with Crippen LogP contribution in [0.25, 0.3) is 22.0 Å². The van der Waals surface area contributed by atoms with Crippen molar-refractivity contribution in [3.63, 3.8) is 0 Å². The Morgan fingerprint density at radius 3 is 2.38 bits per heavy atom. The molecule has 1 fully saturated rings. The third-order valence-corrected chi connectivity index (χ3v) is 7.11. The van der Waals surface area contributed by atoms with E-state index in [9.17, 15) is 9.90 Å². The van der Waals surface area contributed by atoms with Gasteiger partial charge in [-0.2, -0.15) is 0 Å². The Morgan fingerprint density at radius 2 is 1.77 bits per heavy atom. The number of aromatic nitrogens is 2. The van der Waals surface area contributed by atoms with Crippen LogP contribution >= 0.6 is 60.4 Å². The minimum absolute atomic E-state index is 0. The molecule has 0 spiro atoms. The lowest BCUT2D eigenvalue weighted by molar-refractivity contribution is -0.107. The van der Waals surface area contributed by atoms with Crippen molar-refractivity contribution in [1.29, 1.82) is 0 Å². The molecular formula is C27H28Cl5N5O2. The van der Waals surface area contributed by atoms with Crippen LogP contribution in [0.4, 0.5) is 17.2 Å². The standard InChI is InChI=1S/C27H25Cl2N5O2.3ClH/c1-30-20-6-8-34(15-20)25-5-3-19(14-32-25)33-26-17(7-9-35)13-31-24-4-2-16(10-21(24)26)18-11-22(28)27(36)23(29)12-18;;;/h2-5,9-14,20,30,36H,6-8,15H2,1H3,(H,31,33);3*1H. The van der Waals surface area contributed by atoms with E-state index in [1.165, 1.54) is 0 Å². The van der Waals surface area contributed by atoms with Crippen LogP contribution in [-0.2, 0) is 11.2 Å². The lowest BCUT2D eigenvalue weighted by Gasteiger charge is -2.18. The number of rotatable bonds is 7. The third-order valence-electron chi connectivity index (χ3n) is 6.54. The van der Waals surface area contributed by atoms with Gasteiger partial charge >= 0.3 is 0 Å². The van der Waals surface area contributed by atoms with Crippen molar-refractivity contribution < 1.29 is 9.90 Å². The van der Waals surface area contributed by atoms with E-state index < -0.39 is 0 Å². The zero-order valence-electron chi connectivity index (χ0n) is 20.9. The fraction of sp³-hybridized carbons (Fsp3) is 0.222. The molecule has 1 saturated heterocycles. The van der Waals surface area contributed by atoms with Gasteiger partial charge in [0.1, 0.15) is 12.1 Å². The largest absolute Gasteiger partial charge is 0.505 e. The number of carbonyl (C=O) groups excluding carboxylic acids is 1. The normalized spacial score (nSPS) is 14.2. The van der Waals surface area contributed by atoms with Crippen molar-refractivity contribution in [1.82, 2.24) is 15.3 Å². The van der Waals surface area contributed by atoms with Crippen molar-refractivity contribution in [3.8, 4) is 16.9 Å². The van der Waals surface area contributed by atoms with Crippen LogP contribution in [0.3, 0.4) is 0 Å². The van der Waals surface area contributed by atoms with Crippen LogP contribution in [0.2, 0.25) is 10.0 Å². The number of halogens is 5. The molecule has 208 valence electrons. The molecular weight excluding hydrogens is 604 g/mol. The molecule has 0 amide bonds. The Morgan fingerprint density at radius 1 is 1.03 bits per heavy atom. The minimum Gasteiger partial charge on any atom is -0.505 e. The first-order valence-corrected chi connectivity index (χ1v) is 12.4. The second kappa shape index (κ2) is 14.2. The highest BCUT2D eigenvalue weighted by Crippen LogP contribution is 2.38. The number of aromatic hydroxyl groups is 1. The average Bonchev–Trinajstić information content (AvgIpc) is 3.38. The van der Waals surface area contributed by atoms with Crippen molar-refractivity contribution >= 4 is 94.8 Å². The Balaban J connectivity index is 0.00000178. The summed E-state index contributed by atoms with van der Waals surface area (Å²) in [4.78, 5) is 22.9. The SMILES string of the molecule is CNC1CCN(c2ccc(Nc3c(CC=O)cnc4ccc(-c5cc(Cl)c(O)c(Cl)c5)cc34)cn2)C1.Cl.Cl.Cl. The number of anilines is 3. The van der Waals surface area contributed by atoms with Crippen LogP contribution < -0.4 is 15.5 Å². The second-order valence-corrected chi connectivity index (χ2v) is 9.61. The maximum Gasteiger partial charge on any atom is 0.152 e. The van der Waals surface area contributed by atoms with Crippen LogP contribution in [-0.4, -0.2) is 47.5 Å². The molecule has 4 aromatic rings. The van der Waals surface area contributed by atoms with E-state index in [-0.39, 0.29) is 59.4 Å². The van der Waals surface area contributed by atoms with Crippen molar-refractivity contribution in [2.24, 2.45) is 0 Å². The molecule has 1 aliphatic heterocycles. The summed E-state index contributed by atoms with van der Waals surface area (Å²) >= 11 is 12.3. The molecule has 1 unspecified atom stereocenters. The maximum absolute atomic E-state index is 11.4. The zero-order chi connectivity index (χ0) is 25.2. The quantitative estimate of drug-likeness (QED) is 0.192. The van der Waals surface area contributed by atoms with Gasteiger partial charge in [-0.3, -0.25) is 4.98 Å². The highest BCUT2D eigenvalue weighted by atomic mass is 35.5. The van der Waals surface area contributed by atoms with Crippen molar-refractivity contribution in [3.05, 3.63) is 70.5 Å². The predicted octanol–water partition coefficient (Wildman–Crippen LogP) is 6.86. The van der Waals surface area contributed by atoms with E-state index >= 15 is 0 Å². The fourth-order valence-electron chi connectivity index (χ4n) is 4.53. The van der Waals surface area contributed by atoms with E-state index in [0.717, 1.165) is 70.6 Å². The molecule has 1 aliphatic rings.